The van der Waals surface area contributed by atoms with Crippen molar-refractivity contribution in [1.82, 2.24) is 10.6 Å². The summed E-state index contributed by atoms with van der Waals surface area (Å²) in [5.41, 5.74) is 7.16. The zero-order valence-corrected chi connectivity index (χ0v) is 20.2. The van der Waals surface area contributed by atoms with Gasteiger partial charge in [-0.15, -0.1) is 0 Å². The first-order valence-corrected chi connectivity index (χ1v) is 13.2. The quantitative estimate of drug-likeness (QED) is 0.447. The predicted octanol–water partition coefficient (Wildman–Crippen LogP) is 2.57. The Morgan fingerprint density at radius 2 is 1.42 bits per heavy atom. The number of benzene rings is 2. The Morgan fingerprint density at radius 3 is 2.00 bits per heavy atom. The summed E-state index contributed by atoms with van der Waals surface area (Å²) < 4.78 is 11.0. The van der Waals surface area contributed by atoms with Crippen LogP contribution in [0.15, 0.2) is 36.4 Å². The van der Waals surface area contributed by atoms with Gasteiger partial charge >= 0.3 is 0 Å². The van der Waals surface area contributed by atoms with Crippen LogP contribution in [0.1, 0.15) is 59.5 Å². The number of carbonyl (C=O) groups is 2. The maximum atomic E-state index is 13.0. The Morgan fingerprint density at radius 1 is 0.806 bits per heavy atom. The molecule has 4 N–H and O–H groups in total. The molecule has 36 heavy (non-hydrogen) atoms. The number of carbonyl (C=O) groups excluding carboxylic acids is 2. The molecule has 0 spiro atoms. The minimum absolute atomic E-state index is 0.0841. The van der Waals surface area contributed by atoms with Gasteiger partial charge in [-0.2, -0.15) is 0 Å². The van der Waals surface area contributed by atoms with Crippen LogP contribution in [0.25, 0.3) is 0 Å². The first-order valence-electron chi connectivity index (χ1n) is 13.2. The van der Waals surface area contributed by atoms with E-state index in [0.717, 1.165) is 50.5 Å². The Bertz CT molecular complexity index is 1210. The van der Waals surface area contributed by atoms with Crippen molar-refractivity contribution in [1.29, 1.82) is 0 Å². The van der Waals surface area contributed by atoms with E-state index in [0.29, 0.717) is 18.9 Å². The number of nitrogens with one attached hydrogen (secondary N) is 4. The highest BCUT2D eigenvalue weighted by atomic mass is 16.6. The second kappa shape index (κ2) is 8.78. The fraction of sp³-hybridized carbons (Fsp3) is 0.500. The third-order valence-electron chi connectivity index (χ3n) is 8.40. The minimum atomic E-state index is -0.512. The largest absolute Gasteiger partial charge is 0.384 e. The molecule has 0 aliphatic carbocycles. The zero-order valence-electron chi connectivity index (χ0n) is 20.2. The van der Waals surface area contributed by atoms with Gasteiger partial charge in [0.15, 0.2) is 0 Å². The number of hydrogen-bond acceptors (Lipinski definition) is 6. The van der Waals surface area contributed by atoms with Gasteiger partial charge in [0.05, 0.1) is 25.4 Å². The Labute approximate surface area is 210 Å². The second-order valence-electron chi connectivity index (χ2n) is 10.8. The maximum Gasteiger partial charge on any atom is 0.243 e. The van der Waals surface area contributed by atoms with Gasteiger partial charge < -0.3 is 30.7 Å². The summed E-state index contributed by atoms with van der Waals surface area (Å²) in [4.78, 5) is 26.0. The zero-order chi connectivity index (χ0) is 24.2. The molecule has 6 atom stereocenters. The molecule has 5 aliphatic rings. The van der Waals surface area contributed by atoms with E-state index >= 15 is 0 Å². The molecular weight excluding hydrogens is 456 g/mol. The highest BCUT2D eigenvalue weighted by Gasteiger charge is 2.39. The standard InChI is InChI=1S/C28H32N4O4/c33-27-24(10-17-12-29-22-8-15(1-3-20(17)22)7-19-14-36-19)31-28(34)25(32-27)11-18-13-30-23-9-16(2-4-21(18)23)26-5-6-35-26/h1-4,8-9,17-19,24-26,29-30H,5-7,10-14H2,(H,31,34)(H,32,33). The molecule has 188 valence electrons. The number of fused-ring (bicyclic) bond motifs is 2. The van der Waals surface area contributed by atoms with E-state index in [4.69, 9.17) is 9.47 Å². The first-order chi connectivity index (χ1) is 17.6. The molecule has 8 heteroatoms. The predicted molar refractivity (Wildman–Crippen MR) is 135 cm³/mol. The van der Waals surface area contributed by atoms with Gasteiger partial charge in [0.25, 0.3) is 0 Å². The lowest BCUT2D eigenvalue weighted by Crippen LogP contribution is -2.62. The third-order valence-corrected chi connectivity index (χ3v) is 8.40. The van der Waals surface area contributed by atoms with Crippen LogP contribution in [0, 0.1) is 0 Å². The molecular formula is C28H32N4O4. The van der Waals surface area contributed by atoms with Gasteiger partial charge in [-0.1, -0.05) is 24.3 Å². The highest BCUT2D eigenvalue weighted by Crippen LogP contribution is 2.39. The summed E-state index contributed by atoms with van der Waals surface area (Å²) in [6.45, 7) is 3.23. The molecule has 6 unspecified atom stereocenters. The van der Waals surface area contributed by atoms with Crippen LogP contribution in [0.5, 0.6) is 0 Å². The highest BCUT2D eigenvalue weighted by molar-refractivity contribution is 5.97. The van der Waals surface area contributed by atoms with Crippen LogP contribution >= 0.6 is 0 Å². The van der Waals surface area contributed by atoms with Crippen molar-refractivity contribution in [3.05, 3.63) is 58.7 Å². The topological polar surface area (TPSA) is 104 Å². The van der Waals surface area contributed by atoms with E-state index in [9.17, 15) is 9.59 Å². The van der Waals surface area contributed by atoms with Crippen molar-refractivity contribution < 1.29 is 19.1 Å². The average molecular weight is 489 g/mol. The van der Waals surface area contributed by atoms with Crippen molar-refractivity contribution in [3.63, 3.8) is 0 Å². The van der Waals surface area contributed by atoms with Gasteiger partial charge in [0.1, 0.15) is 12.1 Å². The smallest absolute Gasteiger partial charge is 0.243 e. The summed E-state index contributed by atoms with van der Waals surface area (Å²) in [7, 11) is 0. The number of epoxide rings is 1. The fourth-order valence-corrected chi connectivity index (χ4v) is 6.15. The van der Waals surface area contributed by atoms with Gasteiger partial charge in [-0.05, 0) is 47.2 Å². The Kier molecular flexibility index (Phi) is 5.40. The molecule has 2 aromatic carbocycles. The van der Waals surface area contributed by atoms with E-state index in [1.165, 1.54) is 22.3 Å². The van der Waals surface area contributed by atoms with Crippen molar-refractivity contribution in [2.75, 3.05) is 36.9 Å². The van der Waals surface area contributed by atoms with Crippen molar-refractivity contribution in [3.8, 4) is 0 Å². The fourth-order valence-electron chi connectivity index (χ4n) is 6.15. The SMILES string of the molecule is O=C1NC(CC2CNc3cc(C4CCO4)ccc32)C(=O)NC1CC1CNc2cc(CC3CO3)ccc21. The Balaban J connectivity index is 0.975. The maximum absolute atomic E-state index is 13.0. The number of piperazine rings is 1. The molecule has 0 saturated carbocycles. The number of amides is 2. The van der Waals surface area contributed by atoms with Gasteiger partial charge in [0.2, 0.25) is 11.8 Å². The lowest BCUT2D eigenvalue weighted by molar-refractivity contribution is -0.137. The van der Waals surface area contributed by atoms with Gasteiger partial charge in [-0.3, -0.25) is 9.59 Å². The molecule has 0 bridgehead atoms. The molecule has 0 radical (unpaired) electrons. The summed E-state index contributed by atoms with van der Waals surface area (Å²) in [5, 5.41) is 13.0. The van der Waals surface area contributed by atoms with Crippen LogP contribution < -0.4 is 21.3 Å². The van der Waals surface area contributed by atoms with E-state index in [1.807, 2.05) is 0 Å². The number of rotatable bonds is 7. The van der Waals surface area contributed by atoms with E-state index in [-0.39, 0.29) is 29.8 Å². The van der Waals surface area contributed by atoms with Crippen LogP contribution in [0.3, 0.4) is 0 Å². The summed E-state index contributed by atoms with van der Waals surface area (Å²) >= 11 is 0. The number of hydrogen-bond donors (Lipinski definition) is 4. The van der Waals surface area contributed by atoms with Gasteiger partial charge in [0, 0.05) is 49.1 Å². The van der Waals surface area contributed by atoms with Crippen LogP contribution in [0.4, 0.5) is 11.4 Å². The lowest BCUT2D eigenvalue weighted by Gasteiger charge is -2.32. The molecule has 5 aliphatic heterocycles. The minimum Gasteiger partial charge on any atom is -0.384 e. The third kappa shape index (κ3) is 4.12. The molecule has 3 saturated heterocycles. The Hall–Kier alpha value is -3.10. The molecule has 2 aromatic rings. The number of anilines is 2. The molecule has 0 aromatic heterocycles. The van der Waals surface area contributed by atoms with E-state index in [2.05, 4.69) is 57.7 Å². The second-order valence-corrected chi connectivity index (χ2v) is 10.8. The molecule has 7 rings (SSSR count). The van der Waals surface area contributed by atoms with Crippen molar-refractivity contribution in [2.24, 2.45) is 0 Å². The van der Waals surface area contributed by atoms with Crippen molar-refractivity contribution in [2.45, 2.75) is 61.8 Å². The number of ether oxygens (including phenoxy) is 2. The normalized spacial score (nSPS) is 31.9. The first kappa shape index (κ1) is 22.1. The molecule has 2 amide bonds. The van der Waals surface area contributed by atoms with Gasteiger partial charge in [-0.25, -0.2) is 0 Å². The van der Waals surface area contributed by atoms with Crippen LogP contribution in [-0.2, 0) is 25.5 Å². The molecule has 5 heterocycles. The average Bonchev–Trinajstić information content (AvgIpc) is 3.43. The monoisotopic (exact) mass is 488 g/mol. The lowest BCUT2D eigenvalue weighted by atomic mass is 9.89. The molecule has 8 nitrogen and oxygen atoms in total. The van der Waals surface area contributed by atoms with Crippen molar-refractivity contribution >= 4 is 23.2 Å². The summed E-state index contributed by atoms with van der Waals surface area (Å²) in [5.74, 6) is 0.210. The van der Waals surface area contributed by atoms with E-state index in [1.54, 1.807) is 0 Å². The van der Waals surface area contributed by atoms with E-state index < -0.39 is 12.1 Å². The summed E-state index contributed by atoms with van der Waals surface area (Å²) in [6, 6.07) is 12.0. The molecule has 3 fully saturated rings. The summed E-state index contributed by atoms with van der Waals surface area (Å²) in [6.07, 6.45) is 3.76. The van der Waals surface area contributed by atoms with Crippen LogP contribution in [-0.4, -0.2) is 56.3 Å². The van der Waals surface area contributed by atoms with Crippen LogP contribution in [0.2, 0.25) is 0 Å².